The number of benzene rings is 1. The van der Waals surface area contributed by atoms with Gasteiger partial charge in [0.2, 0.25) is 0 Å². The molecule has 13 heavy (non-hydrogen) atoms. The Morgan fingerprint density at radius 3 is 3.23 bits per heavy atom. The normalized spacial score (nSPS) is 18.4. The van der Waals surface area contributed by atoms with Crippen LogP contribution in [0.2, 0.25) is 0 Å². The molecule has 0 amide bonds. The summed E-state index contributed by atoms with van der Waals surface area (Å²) in [4.78, 5) is 0. The van der Waals surface area contributed by atoms with Crippen molar-refractivity contribution in [2.45, 2.75) is 0 Å². The van der Waals surface area contributed by atoms with Crippen LogP contribution in [-0.2, 0) is 0 Å². The maximum atomic E-state index is 9.40. The predicted octanol–water partition coefficient (Wildman–Crippen LogP) is 1.41. The third kappa shape index (κ3) is 2.49. The van der Waals surface area contributed by atoms with Crippen molar-refractivity contribution in [1.82, 2.24) is 0 Å². The maximum Gasteiger partial charge on any atom is 0.161 e. The van der Waals surface area contributed by atoms with Gasteiger partial charge in [-0.05, 0) is 17.7 Å². The molecular formula is C10H12O3. The molecule has 0 bridgehead atoms. The lowest BCUT2D eigenvalue weighted by Gasteiger charge is -2.03. The molecule has 70 valence electrons. The molecule has 1 rings (SSSR count). The zero-order valence-electron chi connectivity index (χ0n) is 11.7. The first-order valence-electron chi connectivity index (χ1n) is 6.00. The molecule has 3 nitrogen and oxygen atoms in total. The molecule has 0 fully saturated rings. The highest BCUT2D eigenvalue weighted by atomic mass is 16.5. The van der Waals surface area contributed by atoms with E-state index in [0.29, 0.717) is 5.56 Å². The van der Waals surface area contributed by atoms with Crippen LogP contribution in [0.4, 0.5) is 0 Å². The van der Waals surface area contributed by atoms with E-state index in [-0.39, 0.29) is 11.5 Å². The van der Waals surface area contributed by atoms with Crippen LogP contribution in [0.5, 0.6) is 11.5 Å². The van der Waals surface area contributed by atoms with Crippen LogP contribution in [0.15, 0.2) is 24.3 Å². The zero-order valence-corrected chi connectivity index (χ0v) is 6.69. The molecule has 1 aromatic rings. The molecular weight excluding hydrogens is 168 g/mol. The average Bonchev–Trinajstić information content (AvgIpc) is 2.16. The molecule has 0 saturated heterocycles. The number of aliphatic hydroxyl groups is 1. The van der Waals surface area contributed by atoms with E-state index in [2.05, 4.69) is 4.74 Å². The summed E-state index contributed by atoms with van der Waals surface area (Å²) in [5.74, 6) is -0.578. The first kappa shape index (κ1) is 4.67. The molecule has 0 unspecified atom stereocenters. The highest BCUT2D eigenvalue weighted by molar-refractivity contribution is 5.55. The fourth-order valence-electron chi connectivity index (χ4n) is 0.850. The molecule has 0 aliphatic rings. The van der Waals surface area contributed by atoms with Gasteiger partial charge in [-0.25, -0.2) is 0 Å². The highest BCUT2D eigenvalue weighted by Crippen LogP contribution is 2.26. The summed E-state index contributed by atoms with van der Waals surface area (Å²) >= 11 is 0. The van der Waals surface area contributed by atoms with Crippen molar-refractivity contribution in [3.8, 4) is 11.5 Å². The van der Waals surface area contributed by atoms with Crippen molar-refractivity contribution in [3.63, 3.8) is 0 Å². The summed E-state index contributed by atoms with van der Waals surface area (Å²) in [5.41, 5.74) is 0.380. The molecule has 2 N–H and O–H groups in total. The van der Waals surface area contributed by atoms with Crippen LogP contribution in [0.3, 0.4) is 0 Å². The van der Waals surface area contributed by atoms with Crippen molar-refractivity contribution in [2.24, 2.45) is 0 Å². The summed E-state index contributed by atoms with van der Waals surface area (Å²) in [6.45, 7) is -2.47. The van der Waals surface area contributed by atoms with Crippen molar-refractivity contribution >= 4 is 6.08 Å². The molecule has 0 saturated carbocycles. The van der Waals surface area contributed by atoms with Crippen LogP contribution in [0, 0.1) is 0 Å². The first-order chi connectivity index (χ1) is 8.07. The molecule has 0 radical (unpaired) electrons. The Hall–Kier alpha value is -1.48. The lowest BCUT2D eigenvalue weighted by molar-refractivity contribution is 0.343. The van der Waals surface area contributed by atoms with E-state index in [1.54, 1.807) is 0 Å². The summed E-state index contributed by atoms with van der Waals surface area (Å²) in [5, 5.41) is 18.3. The number of aromatic hydroxyl groups is 1. The van der Waals surface area contributed by atoms with Gasteiger partial charge in [-0.3, -0.25) is 0 Å². The Bertz CT molecular complexity index is 448. The summed E-state index contributed by atoms with van der Waals surface area (Å²) in [6, 6.07) is 3.86. The number of phenols is 1. The van der Waals surface area contributed by atoms with Gasteiger partial charge in [-0.2, -0.15) is 0 Å². The van der Waals surface area contributed by atoms with Gasteiger partial charge >= 0.3 is 0 Å². The number of ether oxygens (including phenoxy) is 1. The molecule has 0 aromatic heterocycles. The third-order valence-electron chi connectivity index (χ3n) is 1.44. The number of hydrogen-bond acceptors (Lipinski definition) is 3. The lowest BCUT2D eigenvalue weighted by Crippen LogP contribution is -1.84. The number of hydrogen-bond donors (Lipinski definition) is 2. The third-order valence-corrected chi connectivity index (χ3v) is 1.44. The van der Waals surface area contributed by atoms with E-state index in [1.165, 1.54) is 24.3 Å². The summed E-state index contributed by atoms with van der Waals surface area (Å²) < 4.78 is 39.1. The number of phenolic OH excluding ortho intramolecular Hbond substituents is 1. The fourth-order valence-corrected chi connectivity index (χ4v) is 0.850. The second-order valence-corrected chi connectivity index (χ2v) is 2.29. The molecule has 0 aliphatic heterocycles. The number of methoxy groups -OCH3 is 1. The van der Waals surface area contributed by atoms with E-state index >= 15 is 0 Å². The predicted molar refractivity (Wildman–Crippen MR) is 50.8 cm³/mol. The van der Waals surface area contributed by atoms with Gasteiger partial charge in [-0.15, -0.1) is 0 Å². The highest BCUT2D eigenvalue weighted by Gasteiger charge is 1.99. The van der Waals surface area contributed by atoms with E-state index in [1.807, 2.05) is 0 Å². The minimum atomic E-state index is -2.69. The first-order valence-corrected chi connectivity index (χ1v) is 3.50. The smallest absolute Gasteiger partial charge is 0.161 e. The standard InChI is InChI=1S/C10H12O3/c1-13-10-7-8(3-2-6-11)4-5-9(10)12/h2-5,7,11-12H,6H2,1H3/b3-2+/i1D3,6D2. The largest absolute Gasteiger partial charge is 0.504 e. The Kier molecular flexibility index (Phi) is 1.63. The second-order valence-electron chi connectivity index (χ2n) is 2.29. The van der Waals surface area contributed by atoms with Crippen molar-refractivity contribution in [2.75, 3.05) is 13.6 Å². The average molecular weight is 185 g/mol. The number of rotatable bonds is 3. The van der Waals surface area contributed by atoms with Crippen LogP contribution >= 0.6 is 0 Å². The quantitative estimate of drug-likeness (QED) is 0.748. The molecule has 0 heterocycles. The van der Waals surface area contributed by atoms with Gasteiger partial charge in [0.1, 0.15) is 0 Å². The fraction of sp³-hybridized carbons (Fsp3) is 0.200. The van der Waals surface area contributed by atoms with Crippen LogP contribution in [0.1, 0.15) is 12.4 Å². The van der Waals surface area contributed by atoms with Crippen molar-refractivity contribution in [3.05, 3.63) is 29.8 Å². The molecule has 0 aliphatic carbocycles. The van der Waals surface area contributed by atoms with E-state index in [4.69, 9.17) is 12.0 Å². The Morgan fingerprint density at radius 2 is 2.54 bits per heavy atom. The Labute approximate surface area is 83.9 Å². The monoisotopic (exact) mass is 185 g/mol. The summed E-state index contributed by atoms with van der Waals surface area (Å²) in [7, 11) is -2.69. The van der Waals surface area contributed by atoms with E-state index in [9.17, 15) is 5.11 Å². The lowest BCUT2D eigenvalue weighted by atomic mass is 10.2. The zero-order chi connectivity index (χ0) is 14.0. The maximum absolute atomic E-state index is 9.40. The van der Waals surface area contributed by atoms with Gasteiger partial charge < -0.3 is 14.9 Å². The molecule has 0 atom stereocenters. The van der Waals surface area contributed by atoms with Crippen LogP contribution in [0.25, 0.3) is 6.08 Å². The van der Waals surface area contributed by atoms with E-state index < -0.39 is 13.6 Å². The van der Waals surface area contributed by atoms with Gasteiger partial charge in [0, 0.05) is 0 Å². The van der Waals surface area contributed by atoms with E-state index in [0.717, 1.165) is 6.08 Å². The summed E-state index contributed by atoms with van der Waals surface area (Å²) in [6.07, 6.45) is 2.13. The van der Waals surface area contributed by atoms with Crippen molar-refractivity contribution in [1.29, 1.82) is 0 Å². The SMILES string of the molecule is [2H]C([2H])(O)/C=C/c1ccc(O)c(OC([2H])([2H])[2H])c1. The van der Waals surface area contributed by atoms with Crippen LogP contribution < -0.4 is 4.74 Å². The van der Waals surface area contributed by atoms with Crippen LogP contribution in [-0.4, -0.2) is 23.8 Å². The second kappa shape index (κ2) is 4.52. The topological polar surface area (TPSA) is 49.7 Å². The van der Waals surface area contributed by atoms with Gasteiger partial charge in [-0.1, -0.05) is 18.2 Å². The minimum absolute atomic E-state index is 0.240. The molecule has 1 aromatic carbocycles. The Balaban J connectivity index is 2.98. The van der Waals surface area contributed by atoms with Crippen molar-refractivity contribution < 1.29 is 21.8 Å². The molecule has 0 spiro atoms. The van der Waals surface area contributed by atoms with Gasteiger partial charge in [0.25, 0.3) is 0 Å². The van der Waals surface area contributed by atoms with Gasteiger partial charge in [0.15, 0.2) is 11.5 Å². The van der Waals surface area contributed by atoms with Gasteiger partial charge in [0.05, 0.1) is 20.5 Å². The molecule has 3 heteroatoms. The Morgan fingerprint density at radius 1 is 1.69 bits per heavy atom. The minimum Gasteiger partial charge on any atom is -0.504 e.